The zero-order valence-corrected chi connectivity index (χ0v) is 12.8. The summed E-state index contributed by atoms with van der Waals surface area (Å²) in [7, 11) is 0. The van der Waals surface area contributed by atoms with Crippen LogP contribution in [0.3, 0.4) is 0 Å². The van der Waals surface area contributed by atoms with Crippen LogP contribution in [0, 0.1) is 6.92 Å². The number of nitrogens with zero attached hydrogens (tertiary/aromatic N) is 1. The van der Waals surface area contributed by atoms with Gasteiger partial charge in [-0.25, -0.2) is 0 Å². The molecule has 1 aliphatic carbocycles. The van der Waals surface area contributed by atoms with E-state index in [0.29, 0.717) is 11.7 Å². The smallest absolute Gasteiger partial charge is 0.120 e. The van der Waals surface area contributed by atoms with E-state index in [-0.39, 0.29) is 12.1 Å². The van der Waals surface area contributed by atoms with Gasteiger partial charge in [-0.1, -0.05) is 19.1 Å². The van der Waals surface area contributed by atoms with Crippen molar-refractivity contribution in [3.63, 3.8) is 0 Å². The number of aromatic hydroxyl groups is 1. The molecule has 0 radical (unpaired) electrons. The van der Waals surface area contributed by atoms with Gasteiger partial charge in [0.1, 0.15) is 5.75 Å². The normalized spacial score (nSPS) is 22.0. The third-order valence-corrected chi connectivity index (χ3v) is 4.55. The Morgan fingerprint density at radius 3 is 2.81 bits per heavy atom. The lowest BCUT2D eigenvalue weighted by molar-refractivity contribution is 0.422. The second kappa shape index (κ2) is 5.49. The standard InChI is InChI=1S/C18H22N2O/c1-11-6-7-16(21)18-15(9-12(2)17(11)18)20-13(3)14-5-4-8-19-10-14/h4-8,10,12-13,15,20-21H,9H2,1-3H3. The molecule has 0 bridgehead atoms. The van der Waals surface area contributed by atoms with Gasteiger partial charge in [0.2, 0.25) is 0 Å². The van der Waals surface area contributed by atoms with Gasteiger partial charge in [-0.15, -0.1) is 0 Å². The van der Waals surface area contributed by atoms with Crippen molar-refractivity contribution in [2.45, 2.75) is 45.2 Å². The predicted octanol–water partition coefficient (Wildman–Crippen LogP) is 3.99. The zero-order valence-electron chi connectivity index (χ0n) is 12.8. The molecule has 1 aromatic heterocycles. The highest BCUT2D eigenvalue weighted by atomic mass is 16.3. The highest BCUT2D eigenvalue weighted by Crippen LogP contribution is 2.46. The number of rotatable bonds is 3. The van der Waals surface area contributed by atoms with Crippen LogP contribution in [-0.2, 0) is 0 Å². The third-order valence-electron chi connectivity index (χ3n) is 4.55. The Morgan fingerprint density at radius 1 is 1.29 bits per heavy atom. The van der Waals surface area contributed by atoms with E-state index in [9.17, 15) is 5.11 Å². The van der Waals surface area contributed by atoms with Crippen LogP contribution in [-0.4, -0.2) is 10.1 Å². The first-order valence-corrected chi connectivity index (χ1v) is 7.56. The molecule has 0 fully saturated rings. The first-order valence-electron chi connectivity index (χ1n) is 7.56. The number of phenolic OH excluding ortho intramolecular Hbond substituents is 1. The number of fused-ring (bicyclic) bond motifs is 1. The van der Waals surface area contributed by atoms with Crippen molar-refractivity contribution in [2.24, 2.45) is 0 Å². The zero-order chi connectivity index (χ0) is 15.0. The highest BCUT2D eigenvalue weighted by Gasteiger charge is 2.32. The van der Waals surface area contributed by atoms with Crippen LogP contribution in [0.25, 0.3) is 0 Å². The Kier molecular flexibility index (Phi) is 3.68. The molecule has 2 aromatic rings. The molecule has 2 N–H and O–H groups in total. The van der Waals surface area contributed by atoms with Gasteiger partial charge in [-0.2, -0.15) is 0 Å². The average molecular weight is 282 g/mol. The fourth-order valence-corrected chi connectivity index (χ4v) is 3.52. The number of aromatic nitrogens is 1. The van der Waals surface area contributed by atoms with Gasteiger partial charge < -0.3 is 10.4 Å². The second-order valence-electron chi connectivity index (χ2n) is 6.09. The number of hydrogen-bond donors (Lipinski definition) is 2. The molecule has 21 heavy (non-hydrogen) atoms. The number of hydrogen-bond acceptors (Lipinski definition) is 3. The molecule has 3 unspecified atom stereocenters. The largest absolute Gasteiger partial charge is 0.508 e. The maximum atomic E-state index is 10.3. The SMILES string of the molecule is Cc1ccc(O)c2c1C(C)CC2NC(C)c1cccnc1. The Morgan fingerprint density at radius 2 is 2.10 bits per heavy atom. The first kappa shape index (κ1) is 14.1. The molecule has 3 heteroatoms. The average Bonchev–Trinajstić information content (AvgIpc) is 2.81. The summed E-state index contributed by atoms with van der Waals surface area (Å²) in [4.78, 5) is 4.18. The van der Waals surface area contributed by atoms with Gasteiger partial charge >= 0.3 is 0 Å². The van der Waals surface area contributed by atoms with Crippen LogP contribution >= 0.6 is 0 Å². The van der Waals surface area contributed by atoms with Crippen LogP contribution in [0.5, 0.6) is 5.75 Å². The molecule has 0 aliphatic heterocycles. The van der Waals surface area contributed by atoms with Crippen LogP contribution in [0.1, 0.15) is 60.5 Å². The topological polar surface area (TPSA) is 45.1 Å². The molecular formula is C18H22N2O. The molecule has 3 nitrogen and oxygen atoms in total. The number of phenols is 1. The molecular weight excluding hydrogens is 260 g/mol. The minimum absolute atomic E-state index is 0.199. The summed E-state index contributed by atoms with van der Waals surface area (Å²) in [5, 5.41) is 13.9. The Hall–Kier alpha value is -1.87. The van der Waals surface area contributed by atoms with Crippen LogP contribution in [0.4, 0.5) is 0 Å². The summed E-state index contributed by atoms with van der Waals surface area (Å²) >= 11 is 0. The van der Waals surface area contributed by atoms with E-state index in [4.69, 9.17) is 0 Å². The van der Waals surface area contributed by atoms with E-state index >= 15 is 0 Å². The molecule has 110 valence electrons. The van der Waals surface area contributed by atoms with E-state index in [0.717, 1.165) is 12.0 Å². The first-order chi connectivity index (χ1) is 10.1. The lowest BCUT2D eigenvalue weighted by Gasteiger charge is -2.21. The minimum Gasteiger partial charge on any atom is -0.508 e. The number of benzene rings is 1. The molecule has 0 saturated carbocycles. The van der Waals surface area contributed by atoms with Crippen molar-refractivity contribution < 1.29 is 5.11 Å². The van der Waals surface area contributed by atoms with E-state index in [2.05, 4.69) is 37.1 Å². The van der Waals surface area contributed by atoms with E-state index in [1.807, 2.05) is 24.4 Å². The summed E-state index contributed by atoms with van der Waals surface area (Å²) in [6, 6.07) is 8.28. The van der Waals surface area contributed by atoms with E-state index < -0.39 is 0 Å². The van der Waals surface area contributed by atoms with Crippen molar-refractivity contribution in [3.8, 4) is 5.75 Å². The highest BCUT2D eigenvalue weighted by molar-refractivity contribution is 5.51. The quantitative estimate of drug-likeness (QED) is 0.894. The Bertz CT molecular complexity index is 639. The van der Waals surface area contributed by atoms with Gasteiger partial charge in [0.25, 0.3) is 0 Å². The third kappa shape index (κ3) is 2.54. The maximum absolute atomic E-state index is 10.3. The fraction of sp³-hybridized carbons (Fsp3) is 0.389. The van der Waals surface area contributed by atoms with Crippen molar-refractivity contribution in [2.75, 3.05) is 0 Å². The van der Waals surface area contributed by atoms with Gasteiger partial charge in [0, 0.05) is 30.0 Å². The molecule has 0 spiro atoms. The van der Waals surface area contributed by atoms with Gasteiger partial charge in [-0.05, 0) is 55.0 Å². The van der Waals surface area contributed by atoms with Crippen LogP contribution < -0.4 is 5.32 Å². The minimum atomic E-state index is 0.199. The summed E-state index contributed by atoms with van der Waals surface area (Å²) in [6.07, 6.45) is 4.71. The van der Waals surface area contributed by atoms with Gasteiger partial charge in [0.15, 0.2) is 0 Å². The Labute approximate surface area is 126 Å². The number of nitrogens with one attached hydrogen (secondary N) is 1. The lowest BCUT2D eigenvalue weighted by Crippen LogP contribution is -2.23. The number of pyridine rings is 1. The fourth-order valence-electron chi connectivity index (χ4n) is 3.52. The summed E-state index contributed by atoms with van der Waals surface area (Å²) in [5.74, 6) is 0.890. The lowest BCUT2D eigenvalue weighted by atomic mass is 9.97. The second-order valence-corrected chi connectivity index (χ2v) is 6.09. The maximum Gasteiger partial charge on any atom is 0.120 e. The molecule has 3 atom stereocenters. The van der Waals surface area contributed by atoms with E-state index in [1.54, 1.807) is 6.20 Å². The Balaban J connectivity index is 1.88. The monoisotopic (exact) mass is 282 g/mol. The predicted molar refractivity (Wildman–Crippen MR) is 84.4 cm³/mol. The van der Waals surface area contributed by atoms with Crippen molar-refractivity contribution in [1.29, 1.82) is 0 Å². The van der Waals surface area contributed by atoms with Crippen molar-refractivity contribution in [1.82, 2.24) is 10.3 Å². The molecule has 1 aliphatic rings. The number of aryl methyl sites for hydroxylation is 1. The summed E-state index contributed by atoms with van der Waals surface area (Å²) in [5.41, 5.74) is 4.84. The van der Waals surface area contributed by atoms with Crippen molar-refractivity contribution >= 4 is 0 Å². The van der Waals surface area contributed by atoms with Gasteiger partial charge in [0.05, 0.1) is 0 Å². The molecule has 1 heterocycles. The van der Waals surface area contributed by atoms with Crippen molar-refractivity contribution in [3.05, 3.63) is 58.9 Å². The molecule has 0 saturated heterocycles. The summed E-state index contributed by atoms with van der Waals surface area (Å²) in [6.45, 7) is 6.51. The van der Waals surface area contributed by atoms with Crippen LogP contribution in [0.15, 0.2) is 36.7 Å². The summed E-state index contributed by atoms with van der Waals surface area (Å²) < 4.78 is 0. The molecule has 0 amide bonds. The molecule has 3 rings (SSSR count). The van der Waals surface area contributed by atoms with E-state index in [1.165, 1.54) is 16.7 Å². The van der Waals surface area contributed by atoms with Gasteiger partial charge in [-0.3, -0.25) is 4.98 Å². The van der Waals surface area contributed by atoms with Crippen LogP contribution in [0.2, 0.25) is 0 Å². The molecule has 1 aromatic carbocycles.